The topological polar surface area (TPSA) is 82.5 Å². The lowest BCUT2D eigenvalue weighted by Crippen LogP contribution is -2.00. The normalized spacial score (nSPS) is 11.6. The third-order valence-electron chi connectivity index (χ3n) is 1.06. The second kappa shape index (κ2) is 3.53. The second-order valence-electron chi connectivity index (χ2n) is 2.28. The summed E-state index contributed by atoms with van der Waals surface area (Å²) in [4.78, 5) is 21.9. The van der Waals surface area contributed by atoms with Crippen LogP contribution in [0, 0.1) is 6.92 Å². The van der Waals surface area contributed by atoms with Crippen molar-refractivity contribution in [3.8, 4) is 0 Å². The summed E-state index contributed by atoms with van der Waals surface area (Å²) in [6, 6.07) is 0. The number of nitrogens with zero attached hydrogens (tertiary/aromatic N) is 1. The van der Waals surface area contributed by atoms with Crippen LogP contribution in [-0.2, 0) is 4.57 Å². The molecule has 0 spiro atoms. The number of anilines is 1. The number of nitrogens with one attached hydrogen (secondary N) is 1. The third-order valence-corrected chi connectivity index (χ3v) is 2.50. The highest BCUT2D eigenvalue weighted by Crippen LogP contribution is 2.34. The average Bonchev–Trinajstić information content (AvgIpc) is 2.30. The van der Waals surface area contributed by atoms with Crippen molar-refractivity contribution in [3.05, 3.63) is 11.1 Å². The first-order valence-electron chi connectivity index (χ1n) is 3.18. The molecule has 1 heterocycles. The monoisotopic (exact) mass is 208 g/mol. The molecular formula is C5H9N2O3PS. The van der Waals surface area contributed by atoms with Crippen molar-refractivity contribution in [2.75, 3.05) is 11.6 Å². The van der Waals surface area contributed by atoms with Crippen LogP contribution in [-0.4, -0.2) is 21.1 Å². The van der Waals surface area contributed by atoms with Crippen molar-refractivity contribution in [1.82, 2.24) is 4.98 Å². The van der Waals surface area contributed by atoms with Crippen LogP contribution in [0.3, 0.4) is 0 Å². The summed E-state index contributed by atoms with van der Waals surface area (Å²) >= 11 is 1.36. The zero-order chi connectivity index (χ0) is 9.19. The summed E-state index contributed by atoms with van der Waals surface area (Å²) in [5.41, 5.74) is 0. The lowest BCUT2D eigenvalue weighted by Gasteiger charge is -2.03. The molecular weight excluding hydrogens is 199 g/mol. The Kier molecular flexibility index (Phi) is 2.85. The maximum Gasteiger partial charge on any atom is 0.344 e. The first kappa shape index (κ1) is 9.67. The predicted octanol–water partition coefficient (Wildman–Crippen LogP) is 0.999. The van der Waals surface area contributed by atoms with E-state index in [0.29, 0.717) is 5.13 Å². The summed E-state index contributed by atoms with van der Waals surface area (Å²) in [6.07, 6.45) is 1.28. The number of hydrogen-bond acceptors (Lipinski definition) is 4. The minimum Gasteiger partial charge on any atom is -0.350 e. The zero-order valence-electron chi connectivity index (χ0n) is 6.39. The molecule has 5 nitrogen and oxygen atoms in total. The summed E-state index contributed by atoms with van der Waals surface area (Å²) in [5.74, 6) is 0. The molecule has 0 atom stereocenters. The highest BCUT2D eigenvalue weighted by atomic mass is 32.1. The van der Waals surface area contributed by atoms with E-state index in [-0.39, 0.29) is 6.29 Å². The molecule has 0 amide bonds. The molecule has 0 fully saturated rings. The Morgan fingerprint density at radius 3 is 2.83 bits per heavy atom. The van der Waals surface area contributed by atoms with Gasteiger partial charge in [0.1, 0.15) is 6.29 Å². The molecule has 0 radical (unpaired) electrons. The van der Waals surface area contributed by atoms with E-state index in [2.05, 4.69) is 10.3 Å². The fourth-order valence-electron chi connectivity index (χ4n) is 0.607. The van der Waals surface area contributed by atoms with Gasteiger partial charge in [-0.15, -0.1) is 11.3 Å². The molecule has 0 bridgehead atoms. The van der Waals surface area contributed by atoms with Crippen LogP contribution < -0.4 is 5.32 Å². The smallest absolute Gasteiger partial charge is 0.344 e. The molecule has 1 aromatic rings. The SMILES string of the molecule is Cc1cnc(NCP(=O)(O)O)s1. The zero-order valence-corrected chi connectivity index (χ0v) is 8.10. The van der Waals surface area contributed by atoms with E-state index in [0.717, 1.165) is 4.88 Å². The second-order valence-corrected chi connectivity index (χ2v) is 5.16. The molecule has 3 N–H and O–H groups in total. The highest BCUT2D eigenvalue weighted by molar-refractivity contribution is 7.51. The highest BCUT2D eigenvalue weighted by Gasteiger charge is 2.12. The van der Waals surface area contributed by atoms with Crippen molar-refractivity contribution < 1.29 is 14.4 Å². The number of aryl methyl sites for hydroxylation is 1. The Balaban J connectivity index is 2.49. The maximum absolute atomic E-state index is 10.4. The van der Waals surface area contributed by atoms with Crippen LogP contribution >= 0.6 is 18.9 Å². The van der Waals surface area contributed by atoms with Crippen LogP contribution in [0.4, 0.5) is 5.13 Å². The molecule has 0 saturated heterocycles. The quantitative estimate of drug-likeness (QED) is 0.645. The lowest BCUT2D eigenvalue weighted by atomic mass is 10.7. The molecule has 0 aliphatic carbocycles. The summed E-state index contributed by atoms with van der Waals surface area (Å²) in [5, 5.41) is 3.09. The minimum absolute atomic E-state index is 0.361. The van der Waals surface area contributed by atoms with Gasteiger partial charge in [-0.3, -0.25) is 4.57 Å². The molecule has 0 unspecified atom stereocenters. The van der Waals surface area contributed by atoms with Gasteiger partial charge < -0.3 is 15.1 Å². The Morgan fingerprint density at radius 2 is 2.42 bits per heavy atom. The van der Waals surface area contributed by atoms with Crippen molar-refractivity contribution in [2.24, 2.45) is 0 Å². The van der Waals surface area contributed by atoms with Crippen molar-refractivity contribution in [1.29, 1.82) is 0 Å². The molecule has 68 valence electrons. The van der Waals surface area contributed by atoms with Gasteiger partial charge in [-0.25, -0.2) is 4.98 Å². The van der Waals surface area contributed by atoms with E-state index in [1.54, 1.807) is 6.20 Å². The lowest BCUT2D eigenvalue weighted by molar-refractivity contribution is 0.375. The van der Waals surface area contributed by atoms with Crippen LogP contribution in [0.15, 0.2) is 6.20 Å². The van der Waals surface area contributed by atoms with E-state index in [4.69, 9.17) is 9.79 Å². The Morgan fingerprint density at radius 1 is 1.75 bits per heavy atom. The van der Waals surface area contributed by atoms with Crippen LogP contribution in [0.1, 0.15) is 4.88 Å². The van der Waals surface area contributed by atoms with Gasteiger partial charge in [-0.2, -0.15) is 0 Å². The van der Waals surface area contributed by atoms with E-state index >= 15 is 0 Å². The largest absolute Gasteiger partial charge is 0.350 e. The van der Waals surface area contributed by atoms with Gasteiger partial charge in [0.25, 0.3) is 0 Å². The van der Waals surface area contributed by atoms with Crippen molar-refractivity contribution in [2.45, 2.75) is 6.92 Å². The molecule has 0 aliphatic rings. The molecule has 1 aromatic heterocycles. The summed E-state index contributed by atoms with van der Waals surface area (Å²) in [6.45, 7) is 1.88. The molecule has 7 heteroatoms. The van der Waals surface area contributed by atoms with Crippen molar-refractivity contribution in [3.63, 3.8) is 0 Å². The van der Waals surface area contributed by atoms with E-state index in [1.165, 1.54) is 11.3 Å². The van der Waals surface area contributed by atoms with Crippen LogP contribution in [0.2, 0.25) is 0 Å². The fraction of sp³-hybridized carbons (Fsp3) is 0.400. The van der Waals surface area contributed by atoms with Gasteiger partial charge in [0.15, 0.2) is 5.13 Å². The maximum atomic E-state index is 10.4. The fourth-order valence-corrected chi connectivity index (χ4v) is 1.73. The summed E-state index contributed by atoms with van der Waals surface area (Å²) in [7, 11) is -3.97. The first-order chi connectivity index (χ1) is 5.47. The minimum atomic E-state index is -3.97. The Hall–Kier alpha value is -0.420. The van der Waals surface area contributed by atoms with Crippen LogP contribution in [0.5, 0.6) is 0 Å². The van der Waals surface area contributed by atoms with Gasteiger partial charge in [-0.1, -0.05) is 0 Å². The van der Waals surface area contributed by atoms with E-state index in [1.807, 2.05) is 6.92 Å². The standard InChI is InChI=1S/C5H9N2O3PS/c1-4-2-6-5(12-4)7-3-11(8,9)10/h2H,3H2,1H3,(H,6,7)(H2,8,9,10). The van der Waals surface area contributed by atoms with Gasteiger partial charge in [0, 0.05) is 11.1 Å². The van der Waals surface area contributed by atoms with Gasteiger partial charge in [0.05, 0.1) is 0 Å². The first-order valence-corrected chi connectivity index (χ1v) is 5.80. The summed E-state index contributed by atoms with van der Waals surface area (Å²) < 4.78 is 10.4. The molecule has 0 saturated carbocycles. The Labute approximate surface area is 73.6 Å². The van der Waals surface area contributed by atoms with Gasteiger partial charge in [-0.05, 0) is 6.92 Å². The van der Waals surface area contributed by atoms with E-state index in [9.17, 15) is 4.57 Å². The molecule has 1 rings (SSSR count). The van der Waals surface area contributed by atoms with Crippen LogP contribution in [0.25, 0.3) is 0 Å². The van der Waals surface area contributed by atoms with Crippen molar-refractivity contribution >= 4 is 24.1 Å². The third kappa shape index (κ3) is 3.32. The molecule has 12 heavy (non-hydrogen) atoms. The molecule has 0 aromatic carbocycles. The molecule has 0 aliphatic heterocycles. The average molecular weight is 208 g/mol. The number of rotatable bonds is 3. The van der Waals surface area contributed by atoms with E-state index < -0.39 is 7.60 Å². The van der Waals surface area contributed by atoms with Gasteiger partial charge in [0.2, 0.25) is 0 Å². The number of hydrogen-bond donors (Lipinski definition) is 3. The number of aromatic nitrogens is 1. The number of thiazole rings is 1. The van der Waals surface area contributed by atoms with Gasteiger partial charge >= 0.3 is 7.60 Å². The Bertz CT molecular complexity index is 307. The predicted molar refractivity (Wildman–Crippen MR) is 47.4 cm³/mol.